The second-order valence-corrected chi connectivity index (χ2v) is 11.6. The minimum absolute atomic E-state index is 0.0182. The average molecular weight is 599 g/mol. The van der Waals surface area contributed by atoms with E-state index in [2.05, 4.69) is 5.32 Å². The zero-order valence-electron chi connectivity index (χ0n) is 22.6. The third kappa shape index (κ3) is 9.82. The van der Waals surface area contributed by atoms with Crippen LogP contribution in [0.2, 0.25) is 0 Å². The van der Waals surface area contributed by atoms with Gasteiger partial charge in [0.2, 0.25) is 5.91 Å². The molecule has 1 amide bonds. The Morgan fingerprint density at radius 1 is 0.976 bits per heavy atom. The van der Waals surface area contributed by atoms with E-state index in [4.69, 9.17) is 4.74 Å². The third-order valence-corrected chi connectivity index (χ3v) is 7.44. The molecule has 0 fully saturated rings. The number of amides is 1. The monoisotopic (exact) mass is 598 g/mol. The van der Waals surface area contributed by atoms with Crippen LogP contribution in [0.5, 0.6) is 5.75 Å². The number of nitrogens with zero attached hydrogens (tertiary/aromatic N) is 1. The lowest BCUT2D eigenvalue weighted by molar-refractivity contribution is -0.140. The van der Waals surface area contributed by atoms with Crippen LogP contribution in [0, 0.1) is 11.6 Å². The number of hydrogen-bond acceptors (Lipinski definition) is 5. The molecule has 3 aromatic carbocycles. The minimum atomic E-state index is -4.82. The number of sulfone groups is 1. The van der Waals surface area contributed by atoms with E-state index in [1.54, 1.807) is 29.2 Å². The van der Waals surface area contributed by atoms with Crippen molar-refractivity contribution in [2.45, 2.75) is 43.9 Å². The number of alkyl halides is 3. The van der Waals surface area contributed by atoms with E-state index in [0.29, 0.717) is 43.3 Å². The van der Waals surface area contributed by atoms with Crippen molar-refractivity contribution in [3.8, 4) is 5.75 Å². The number of carbonyl (C=O) groups is 1. The van der Waals surface area contributed by atoms with Crippen molar-refractivity contribution in [3.63, 3.8) is 0 Å². The summed E-state index contributed by atoms with van der Waals surface area (Å²) in [6.07, 6.45) is -2.92. The molecule has 0 aliphatic carbocycles. The molecular weight excluding hydrogens is 567 g/mol. The number of rotatable bonds is 13. The van der Waals surface area contributed by atoms with Crippen LogP contribution in [-0.4, -0.2) is 45.2 Å². The molecule has 1 N–H and O–H groups in total. The average Bonchev–Trinajstić information content (AvgIpc) is 2.89. The predicted molar refractivity (Wildman–Crippen MR) is 144 cm³/mol. The van der Waals surface area contributed by atoms with Gasteiger partial charge in [0, 0.05) is 44.9 Å². The van der Waals surface area contributed by atoms with Crippen LogP contribution in [0.4, 0.5) is 22.0 Å². The maximum atomic E-state index is 14.7. The summed E-state index contributed by atoms with van der Waals surface area (Å²) in [7, 11) is -3.62. The molecule has 0 heterocycles. The number of halogens is 5. The Bertz CT molecular complexity index is 1440. The van der Waals surface area contributed by atoms with Gasteiger partial charge >= 0.3 is 6.18 Å². The second kappa shape index (κ2) is 13.9. The molecule has 0 atom stereocenters. The van der Waals surface area contributed by atoms with E-state index in [1.165, 1.54) is 31.2 Å². The fourth-order valence-corrected chi connectivity index (χ4v) is 5.13. The van der Waals surface area contributed by atoms with Crippen LogP contribution in [0.1, 0.15) is 35.6 Å². The maximum Gasteiger partial charge on any atom is 0.419 e. The predicted octanol–water partition coefficient (Wildman–Crippen LogP) is 5.54. The summed E-state index contributed by atoms with van der Waals surface area (Å²) in [5.41, 5.74) is -0.220. The molecule has 222 valence electrons. The van der Waals surface area contributed by atoms with Crippen LogP contribution in [0.3, 0.4) is 0 Å². The summed E-state index contributed by atoms with van der Waals surface area (Å²) >= 11 is 0. The van der Waals surface area contributed by atoms with Gasteiger partial charge in [0.15, 0.2) is 9.84 Å². The van der Waals surface area contributed by atoms with Crippen molar-refractivity contribution in [1.82, 2.24) is 10.2 Å². The third-order valence-electron chi connectivity index (χ3n) is 6.26. The van der Waals surface area contributed by atoms with E-state index >= 15 is 0 Å². The highest BCUT2D eigenvalue weighted by molar-refractivity contribution is 7.90. The lowest BCUT2D eigenvalue weighted by atomic mass is 10.1. The Kier molecular flexibility index (Phi) is 10.9. The molecule has 0 spiro atoms. The standard InChI is InChI=1S/C29H31F5N2O4S/c1-20(37)35-18-22-9-12-25(17-27(22)41(2,38)39)40-16-4-14-36(15-13-21-7-10-24(30)11-8-21)19-23-5-3-6-26(28(23)31)29(32,33)34/h3,5-12,17H,4,13-16,18-19H2,1-2H3,(H,35,37). The first-order valence-electron chi connectivity index (χ1n) is 12.8. The Balaban J connectivity index is 1.69. The van der Waals surface area contributed by atoms with Crippen molar-refractivity contribution in [1.29, 1.82) is 0 Å². The second-order valence-electron chi connectivity index (χ2n) is 9.58. The van der Waals surface area contributed by atoms with Gasteiger partial charge < -0.3 is 10.1 Å². The molecule has 0 unspecified atom stereocenters. The van der Waals surface area contributed by atoms with Crippen LogP contribution in [0.25, 0.3) is 0 Å². The van der Waals surface area contributed by atoms with Crippen LogP contribution < -0.4 is 10.1 Å². The Morgan fingerprint density at radius 3 is 2.32 bits per heavy atom. The van der Waals surface area contributed by atoms with Gasteiger partial charge in [0.25, 0.3) is 0 Å². The molecule has 0 bridgehead atoms. The molecule has 0 aromatic heterocycles. The summed E-state index contributed by atoms with van der Waals surface area (Å²) in [6, 6.07) is 13.5. The first kappa shape index (κ1) is 32.0. The largest absolute Gasteiger partial charge is 0.494 e. The Hall–Kier alpha value is -3.51. The topological polar surface area (TPSA) is 75.7 Å². The highest BCUT2D eigenvalue weighted by Gasteiger charge is 2.34. The Morgan fingerprint density at radius 2 is 1.68 bits per heavy atom. The van der Waals surface area contributed by atoms with Crippen molar-refractivity contribution in [2.24, 2.45) is 0 Å². The van der Waals surface area contributed by atoms with Gasteiger partial charge in [0.1, 0.15) is 17.4 Å². The summed E-state index contributed by atoms with van der Waals surface area (Å²) in [5, 5.41) is 2.56. The Labute approximate surface area is 236 Å². The summed E-state index contributed by atoms with van der Waals surface area (Å²) < 4.78 is 98.0. The van der Waals surface area contributed by atoms with Crippen molar-refractivity contribution in [2.75, 3.05) is 26.0 Å². The highest BCUT2D eigenvalue weighted by atomic mass is 32.2. The normalized spacial score (nSPS) is 12.0. The van der Waals surface area contributed by atoms with E-state index in [9.17, 15) is 35.2 Å². The number of ether oxygens (including phenoxy) is 1. The number of carbonyl (C=O) groups excluding carboxylic acids is 1. The van der Waals surface area contributed by atoms with Crippen molar-refractivity contribution >= 4 is 15.7 Å². The molecular formula is C29H31F5N2O4S. The van der Waals surface area contributed by atoms with Gasteiger partial charge in [-0.3, -0.25) is 9.69 Å². The number of benzene rings is 3. The van der Waals surface area contributed by atoms with Gasteiger partial charge in [-0.1, -0.05) is 30.3 Å². The van der Waals surface area contributed by atoms with E-state index in [1.807, 2.05) is 0 Å². The summed E-state index contributed by atoms with van der Waals surface area (Å²) in [4.78, 5) is 13.0. The van der Waals surface area contributed by atoms with Gasteiger partial charge in [-0.15, -0.1) is 0 Å². The lowest BCUT2D eigenvalue weighted by Crippen LogP contribution is -2.28. The van der Waals surface area contributed by atoms with Gasteiger partial charge in [-0.05, 0) is 54.3 Å². The number of hydrogen-bond donors (Lipinski definition) is 1. The molecule has 3 aromatic rings. The fraction of sp³-hybridized carbons (Fsp3) is 0.345. The molecule has 0 aliphatic heterocycles. The van der Waals surface area contributed by atoms with Gasteiger partial charge in [-0.2, -0.15) is 13.2 Å². The van der Waals surface area contributed by atoms with E-state index in [0.717, 1.165) is 17.9 Å². The molecule has 0 saturated heterocycles. The molecule has 41 heavy (non-hydrogen) atoms. The van der Waals surface area contributed by atoms with Crippen LogP contribution in [-0.2, 0) is 40.3 Å². The SMILES string of the molecule is CC(=O)NCc1ccc(OCCCN(CCc2ccc(F)cc2)Cc2cccc(C(F)(F)F)c2F)cc1S(C)(=O)=O. The highest BCUT2D eigenvalue weighted by Crippen LogP contribution is 2.32. The first-order chi connectivity index (χ1) is 19.2. The van der Waals surface area contributed by atoms with Crippen molar-refractivity contribution in [3.05, 3.63) is 94.6 Å². The zero-order chi connectivity index (χ0) is 30.2. The molecule has 0 aliphatic rings. The smallest absolute Gasteiger partial charge is 0.419 e. The number of nitrogens with one attached hydrogen (secondary N) is 1. The van der Waals surface area contributed by atoms with Crippen LogP contribution >= 0.6 is 0 Å². The lowest BCUT2D eigenvalue weighted by Gasteiger charge is -2.23. The molecule has 0 radical (unpaired) electrons. The van der Waals surface area contributed by atoms with Gasteiger partial charge in [-0.25, -0.2) is 17.2 Å². The van der Waals surface area contributed by atoms with E-state index in [-0.39, 0.29) is 36.1 Å². The quantitative estimate of drug-likeness (QED) is 0.207. The molecule has 6 nitrogen and oxygen atoms in total. The fourth-order valence-electron chi connectivity index (χ4n) is 4.18. The maximum absolute atomic E-state index is 14.7. The summed E-state index contributed by atoms with van der Waals surface area (Å²) in [6.45, 7) is 2.10. The molecule has 3 rings (SSSR count). The van der Waals surface area contributed by atoms with Gasteiger partial charge in [0.05, 0.1) is 17.1 Å². The zero-order valence-corrected chi connectivity index (χ0v) is 23.4. The summed E-state index contributed by atoms with van der Waals surface area (Å²) in [5.74, 6) is -1.73. The van der Waals surface area contributed by atoms with Crippen molar-refractivity contribution < 1.29 is 39.9 Å². The van der Waals surface area contributed by atoms with E-state index < -0.39 is 33.2 Å². The first-order valence-corrected chi connectivity index (χ1v) is 14.6. The minimum Gasteiger partial charge on any atom is -0.494 e. The molecule has 0 saturated carbocycles. The molecule has 12 heteroatoms. The van der Waals surface area contributed by atoms with Crippen LogP contribution in [0.15, 0.2) is 65.6 Å².